The Kier molecular flexibility index (Phi) is 13.6. The van der Waals surface area contributed by atoms with Crippen molar-refractivity contribution in [2.75, 3.05) is 11.9 Å². The van der Waals surface area contributed by atoms with Crippen molar-refractivity contribution in [2.45, 2.75) is 103 Å². The number of halogens is 2. The number of hydrogen-bond donors (Lipinski definition) is 2. The molecule has 2 heterocycles. The van der Waals surface area contributed by atoms with Crippen molar-refractivity contribution in [1.82, 2.24) is 14.5 Å². The van der Waals surface area contributed by atoms with Crippen molar-refractivity contribution in [3.63, 3.8) is 0 Å². The smallest absolute Gasteiger partial charge is 0.418 e. The zero-order valence-electron chi connectivity index (χ0n) is 28.8. The number of nitrogens with one attached hydrogen (secondary N) is 1. The number of anilines is 1. The van der Waals surface area contributed by atoms with E-state index in [4.69, 9.17) is 32.7 Å². The lowest BCUT2D eigenvalue weighted by atomic mass is 10.1. The number of fused-ring (bicyclic) bond motifs is 1. The highest BCUT2D eigenvalue weighted by Gasteiger charge is 2.53. The van der Waals surface area contributed by atoms with Crippen LogP contribution in [0.5, 0.6) is 0 Å². The number of esters is 1. The van der Waals surface area contributed by atoms with Gasteiger partial charge in [-0.25, -0.2) is 19.5 Å². The molecular weight excluding hydrogens is 703 g/mol. The molecule has 3 amide bonds. The van der Waals surface area contributed by atoms with Gasteiger partial charge in [0.15, 0.2) is 11.6 Å². The maximum Gasteiger partial charge on any atom is 0.418 e. The average molecular weight is 746 g/mol. The predicted octanol–water partition coefficient (Wildman–Crippen LogP) is 7.30. The van der Waals surface area contributed by atoms with Gasteiger partial charge in [-0.2, -0.15) is 0 Å². The van der Waals surface area contributed by atoms with E-state index in [2.05, 4.69) is 17.2 Å². The molecule has 0 spiro atoms. The van der Waals surface area contributed by atoms with E-state index >= 15 is 0 Å². The SMILES string of the molecule is CCCCCCCCCCCCOC(=O)c1cc(NC(=O)C(c2nc3ccccc3c(=O)n2CC(=O)O)N2C(=O)OC(C)(C)C2=O)c(Cl)cc1Cl. The van der Waals surface area contributed by atoms with E-state index in [1.165, 1.54) is 76.6 Å². The Balaban J connectivity index is 1.58. The van der Waals surface area contributed by atoms with Crippen molar-refractivity contribution in [1.29, 1.82) is 0 Å². The third kappa shape index (κ3) is 9.65. The number of benzene rings is 2. The minimum Gasteiger partial charge on any atom is -0.480 e. The Labute approximate surface area is 305 Å². The molecule has 1 aliphatic rings. The summed E-state index contributed by atoms with van der Waals surface area (Å²) in [6, 6.07) is 6.39. The number of rotatable bonds is 18. The molecule has 1 fully saturated rings. The van der Waals surface area contributed by atoms with Crippen molar-refractivity contribution >= 4 is 69.6 Å². The van der Waals surface area contributed by atoms with Crippen molar-refractivity contribution < 1.29 is 38.6 Å². The Bertz CT molecular complexity index is 1860. The molecule has 2 aromatic carbocycles. The molecule has 4 rings (SSSR count). The fourth-order valence-corrected chi connectivity index (χ4v) is 6.28. The second-order valence-corrected chi connectivity index (χ2v) is 13.7. The lowest BCUT2D eigenvalue weighted by Gasteiger charge is -2.26. The number of carbonyl (C=O) groups excluding carboxylic acids is 4. The maximum atomic E-state index is 14.2. The number of nitrogens with zero attached hydrogens (tertiary/aromatic N) is 3. The van der Waals surface area contributed by atoms with Crippen LogP contribution in [0.2, 0.25) is 10.0 Å². The Hall–Kier alpha value is -4.49. The van der Waals surface area contributed by atoms with Crippen LogP contribution < -0.4 is 10.9 Å². The summed E-state index contributed by atoms with van der Waals surface area (Å²) < 4.78 is 11.4. The van der Waals surface area contributed by atoms with Gasteiger partial charge < -0.3 is 19.9 Å². The van der Waals surface area contributed by atoms with E-state index < -0.39 is 59.4 Å². The summed E-state index contributed by atoms with van der Waals surface area (Å²) in [7, 11) is 0. The van der Waals surface area contributed by atoms with Crippen LogP contribution >= 0.6 is 23.2 Å². The fourth-order valence-electron chi connectivity index (χ4n) is 5.77. The first-order chi connectivity index (χ1) is 24.3. The zero-order chi connectivity index (χ0) is 37.3. The monoisotopic (exact) mass is 744 g/mol. The van der Waals surface area contributed by atoms with Crippen LogP contribution in [0.1, 0.15) is 107 Å². The van der Waals surface area contributed by atoms with Crippen LogP contribution in [0.15, 0.2) is 41.2 Å². The molecule has 2 N–H and O–H groups in total. The maximum absolute atomic E-state index is 14.2. The Morgan fingerprint density at radius 2 is 1.57 bits per heavy atom. The number of para-hydroxylation sites is 1. The summed E-state index contributed by atoms with van der Waals surface area (Å²) in [5.74, 6) is -4.80. The molecule has 1 saturated heterocycles. The lowest BCUT2D eigenvalue weighted by Crippen LogP contribution is -2.46. The molecule has 0 saturated carbocycles. The zero-order valence-corrected chi connectivity index (χ0v) is 30.3. The first-order valence-corrected chi connectivity index (χ1v) is 17.8. The number of amides is 3. The largest absolute Gasteiger partial charge is 0.480 e. The molecule has 0 aliphatic carbocycles. The number of cyclic esters (lactones) is 1. The molecule has 51 heavy (non-hydrogen) atoms. The quantitative estimate of drug-likeness (QED) is 0.0993. The lowest BCUT2D eigenvalue weighted by molar-refractivity contribution is -0.139. The van der Waals surface area contributed by atoms with Crippen molar-refractivity contribution in [2.24, 2.45) is 0 Å². The first-order valence-electron chi connectivity index (χ1n) is 17.0. The van der Waals surface area contributed by atoms with E-state index in [1.54, 1.807) is 12.1 Å². The molecular formula is C36H42Cl2N4O9. The molecule has 13 nitrogen and oxygen atoms in total. The van der Waals surface area contributed by atoms with Gasteiger partial charge >= 0.3 is 18.0 Å². The van der Waals surface area contributed by atoms with Crippen LogP contribution in [-0.2, 0) is 30.4 Å². The molecule has 1 aliphatic heterocycles. The number of aliphatic carboxylic acids is 1. The van der Waals surface area contributed by atoms with E-state index in [-0.39, 0.29) is 38.8 Å². The van der Waals surface area contributed by atoms with Gasteiger partial charge in [0.05, 0.1) is 38.8 Å². The topological polar surface area (TPSA) is 174 Å². The standard InChI is InChI=1S/C36H42Cl2N4O9/c1-4-5-6-7-8-9-10-11-12-15-18-50-33(47)23-19-27(25(38)20-24(23)37)40-31(45)29(42-34(48)36(2,3)51-35(42)49)30-39-26-17-14-13-16-22(26)32(46)41(30)21-28(43)44/h13-14,16-17,19-20,29H,4-12,15,18,21H2,1-3H3,(H,40,45)(H,43,44). The summed E-state index contributed by atoms with van der Waals surface area (Å²) in [5, 5.41) is 12.0. The molecule has 1 atom stereocenters. The fraction of sp³-hybridized carbons (Fsp3) is 0.472. The van der Waals surface area contributed by atoms with Crippen molar-refractivity contribution in [3.05, 3.63) is 68.2 Å². The Morgan fingerprint density at radius 1 is 0.941 bits per heavy atom. The summed E-state index contributed by atoms with van der Waals surface area (Å²) in [4.78, 5) is 84.0. The number of carbonyl (C=O) groups is 5. The Morgan fingerprint density at radius 3 is 2.18 bits per heavy atom. The minimum absolute atomic E-state index is 0.0408. The second kappa shape index (κ2) is 17.6. The van der Waals surface area contributed by atoms with Gasteiger partial charge in [0.2, 0.25) is 0 Å². The van der Waals surface area contributed by atoms with Crippen LogP contribution in [-0.4, -0.2) is 61.6 Å². The van der Waals surface area contributed by atoms with Crippen molar-refractivity contribution in [3.8, 4) is 0 Å². The number of imide groups is 1. The molecule has 1 aromatic heterocycles. The van der Waals surface area contributed by atoms with Gasteiger partial charge in [-0.3, -0.25) is 23.7 Å². The number of carboxylic acids is 1. The molecule has 274 valence electrons. The van der Waals surface area contributed by atoms with E-state index in [1.807, 2.05) is 0 Å². The summed E-state index contributed by atoms with van der Waals surface area (Å²) in [5.41, 5.74) is -2.70. The van der Waals surface area contributed by atoms with E-state index in [0.717, 1.165) is 19.3 Å². The van der Waals surface area contributed by atoms with Crippen LogP contribution in [0, 0.1) is 0 Å². The van der Waals surface area contributed by atoms with E-state index in [0.29, 0.717) is 15.9 Å². The van der Waals surface area contributed by atoms with Crippen LogP contribution in [0.3, 0.4) is 0 Å². The molecule has 0 radical (unpaired) electrons. The average Bonchev–Trinajstić information content (AvgIpc) is 3.27. The molecule has 3 aromatic rings. The van der Waals surface area contributed by atoms with Gasteiger partial charge in [-0.05, 0) is 44.5 Å². The summed E-state index contributed by atoms with van der Waals surface area (Å²) in [6.45, 7) is 4.02. The molecule has 15 heteroatoms. The number of ether oxygens (including phenoxy) is 2. The number of hydrogen-bond acceptors (Lipinski definition) is 9. The highest BCUT2D eigenvalue weighted by Crippen LogP contribution is 2.35. The summed E-state index contributed by atoms with van der Waals surface area (Å²) in [6.07, 6.45) is 9.89. The third-order valence-electron chi connectivity index (χ3n) is 8.47. The van der Waals surface area contributed by atoms with Gasteiger partial charge in [0.1, 0.15) is 12.4 Å². The highest BCUT2D eigenvalue weighted by atomic mass is 35.5. The van der Waals surface area contributed by atoms with Gasteiger partial charge in [0, 0.05) is 0 Å². The van der Waals surface area contributed by atoms with Crippen LogP contribution in [0.25, 0.3) is 10.9 Å². The molecule has 0 bridgehead atoms. The molecule has 1 unspecified atom stereocenters. The van der Waals surface area contributed by atoms with Gasteiger partial charge in [0.25, 0.3) is 17.4 Å². The second-order valence-electron chi connectivity index (χ2n) is 12.8. The third-order valence-corrected chi connectivity index (χ3v) is 9.10. The van der Waals surface area contributed by atoms with Gasteiger partial charge in [-0.1, -0.05) is 100 Å². The normalized spacial score (nSPS) is 14.4. The van der Waals surface area contributed by atoms with E-state index in [9.17, 15) is 33.9 Å². The van der Waals surface area contributed by atoms with Gasteiger partial charge in [-0.15, -0.1) is 0 Å². The minimum atomic E-state index is -2.01. The number of carboxylic acid groups (broad SMARTS) is 1. The number of aromatic nitrogens is 2. The van der Waals surface area contributed by atoms with Crippen LogP contribution in [0.4, 0.5) is 10.5 Å². The highest BCUT2D eigenvalue weighted by molar-refractivity contribution is 6.38. The summed E-state index contributed by atoms with van der Waals surface area (Å²) >= 11 is 12.8. The first kappa shape index (κ1) is 39.3. The predicted molar refractivity (Wildman–Crippen MR) is 191 cm³/mol. The number of unbranched alkanes of at least 4 members (excludes halogenated alkanes) is 9.